The summed E-state index contributed by atoms with van der Waals surface area (Å²) in [5.41, 5.74) is 0.479. The van der Waals surface area contributed by atoms with Crippen molar-refractivity contribution in [3.63, 3.8) is 0 Å². The maximum absolute atomic E-state index is 14.7. The van der Waals surface area contributed by atoms with Crippen LogP contribution in [0.4, 0.5) is 18.9 Å². The predicted octanol–water partition coefficient (Wildman–Crippen LogP) is 3.91. The number of hydrogen-bond acceptors (Lipinski definition) is 6. The van der Waals surface area contributed by atoms with Crippen LogP contribution in [0.2, 0.25) is 0 Å². The number of hydrogen-bond donors (Lipinski definition) is 0. The second-order valence-corrected chi connectivity index (χ2v) is 12.1. The Balaban J connectivity index is 1.54. The first kappa shape index (κ1) is 26.2. The zero-order valence-electron chi connectivity index (χ0n) is 20.9. The van der Waals surface area contributed by atoms with Crippen LogP contribution in [-0.2, 0) is 10.0 Å². The topological polar surface area (TPSA) is 84.7 Å². The van der Waals surface area contributed by atoms with E-state index in [1.165, 1.54) is 10.5 Å². The Hall–Kier alpha value is -3.38. The Bertz CT molecular complexity index is 1500. The number of ether oxygens (including phenoxy) is 1. The van der Waals surface area contributed by atoms with E-state index in [4.69, 9.17) is 4.74 Å². The summed E-state index contributed by atoms with van der Waals surface area (Å²) in [4.78, 5) is 15.4. The van der Waals surface area contributed by atoms with E-state index in [2.05, 4.69) is 5.10 Å². The average molecular weight is 549 g/mol. The summed E-state index contributed by atoms with van der Waals surface area (Å²) in [6, 6.07) is 9.50. The molecule has 12 heteroatoms. The molecule has 2 heterocycles. The Morgan fingerprint density at radius 2 is 1.63 bits per heavy atom. The molecule has 38 heavy (non-hydrogen) atoms. The van der Waals surface area contributed by atoms with Gasteiger partial charge in [0.1, 0.15) is 29.6 Å². The van der Waals surface area contributed by atoms with Gasteiger partial charge in [-0.1, -0.05) is 24.3 Å². The summed E-state index contributed by atoms with van der Waals surface area (Å²) in [6.07, 6.45) is -0.698. The van der Waals surface area contributed by atoms with Gasteiger partial charge in [0.2, 0.25) is 15.8 Å². The Morgan fingerprint density at radius 3 is 2.26 bits per heavy atom. The van der Waals surface area contributed by atoms with Gasteiger partial charge in [-0.2, -0.15) is 14.1 Å². The highest BCUT2D eigenvalue weighted by molar-refractivity contribution is 7.89. The fraction of sp³-hybridized carbons (Fsp3) is 0.385. The van der Waals surface area contributed by atoms with Crippen molar-refractivity contribution in [1.82, 2.24) is 14.1 Å². The Labute approximate surface area is 218 Å². The van der Waals surface area contributed by atoms with Gasteiger partial charge in [0.05, 0.1) is 17.1 Å². The number of anilines is 1. The molecule has 0 amide bonds. The summed E-state index contributed by atoms with van der Waals surface area (Å²) >= 11 is 0. The van der Waals surface area contributed by atoms with Crippen molar-refractivity contribution in [1.29, 1.82) is 0 Å². The molecule has 2 unspecified atom stereocenters. The lowest BCUT2D eigenvalue weighted by molar-refractivity contribution is 0.171. The standard InChI is InChI=1S/C26H27F3N4O4S/c1-16(2)38(35,36)32-9-7-31(8-10-32)23-15-30-33(19-12-17(27)11-18(28)13-19)26(34)25(23)37-24-14-22(29)20-5-3-4-6-21(20)24/h3-6,11-13,15-16,22,24H,7-10,14H2,1-2H3. The van der Waals surface area contributed by atoms with Gasteiger partial charge in [0.15, 0.2) is 0 Å². The van der Waals surface area contributed by atoms with Crippen molar-refractivity contribution < 1.29 is 26.3 Å². The van der Waals surface area contributed by atoms with Crippen molar-refractivity contribution in [3.8, 4) is 11.4 Å². The number of aromatic nitrogens is 2. The summed E-state index contributed by atoms with van der Waals surface area (Å²) in [7, 11) is -3.45. The number of halogens is 3. The molecule has 5 rings (SSSR count). The fourth-order valence-electron chi connectivity index (χ4n) is 4.88. The molecule has 0 spiro atoms. The molecule has 1 aromatic heterocycles. The zero-order valence-corrected chi connectivity index (χ0v) is 21.7. The van der Waals surface area contributed by atoms with Crippen molar-refractivity contribution in [2.75, 3.05) is 31.1 Å². The molecule has 0 N–H and O–H groups in total. The minimum absolute atomic E-state index is 0.00441. The third-order valence-electron chi connectivity index (χ3n) is 6.90. The summed E-state index contributed by atoms with van der Waals surface area (Å²) in [5.74, 6) is -1.92. The molecule has 0 radical (unpaired) electrons. The lowest BCUT2D eigenvalue weighted by atomic mass is 10.1. The molecule has 1 fully saturated rings. The van der Waals surface area contributed by atoms with E-state index >= 15 is 0 Å². The molecular weight excluding hydrogens is 521 g/mol. The van der Waals surface area contributed by atoms with E-state index in [0.717, 1.165) is 16.8 Å². The molecule has 2 atom stereocenters. The summed E-state index contributed by atoms with van der Waals surface area (Å²) in [5, 5.41) is 3.57. The summed E-state index contributed by atoms with van der Waals surface area (Å²) < 4.78 is 76.2. The average Bonchev–Trinajstić information content (AvgIpc) is 3.20. The van der Waals surface area contributed by atoms with Crippen LogP contribution in [0.3, 0.4) is 0 Å². The van der Waals surface area contributed by atoms with Crippen molar-refractivity contribution in [2.45, 2.75) is 37.8 Å². The maximum Gasteiger partial charge on any atom is 0.316 e. The van der Waals surface area contributed by atoms with E-state index < -0.39 is 44.7 Å². The smallest absolute Gasteiger partial charge is 0.316 e. The van der Waals surface area contributed by atoms with E-state index in [0.29, 0.717) is 22.9 Å². The van der Waals surface area contributed by atoms with Gasteiger partial charge >= 0.3 is 5.56 Å². The fourth-order valence-corrected chi connectivity index (χ4v) is 6.15. The van der Waals surface area contributed by atoms with E-state index in [1.54, 1.807) is 43.0 Å². The van der Waals surface area contributed by atoms with Gasteiger partial charge in [-0.3, -0.25) is 4.79 Å². The molecule has 202 valence electrons. The Morgan fingerprint density at radius 1 is 1.00 bits per heavy atom. The third kappa shape index (κ3) is 4.78. The first-order valence-corrected chi connectivity index (χ1v) is 13.8. The van der Waals surface area contributed by atoms with Crippen LogP contribution in [0.1, 0.15) is 43.7 Å². The molecule has 0 bridgehead atoms. The number of rotatable bonds is 6. The lowest BCUT2D eigenvalue weighted by Gasteiger charge is -2.36. The quantitative estimate of drug-likeness (QED) is 0.465. The van der Waals surface area contributed by atoms with Crippen molar-refractivity contribution in [3.05, 3.63) is 81.8 Å². The maximum atomic E-state index is 14.7. The molecule has 1 aliphatic heterocycles. The number of nitrogens with zero attached hydrogens (tertiary/aromatic N) is 4. The van der Waals surface area contributed by atoms with Crippen LogP contribution >= 0.6 is 0 Å². The second-order valence-electron chi connectivity index (χ2n) is 9.62. The number of sulfonamides is 1. The largest absolute Gasteiger partial charge is 0.478 e. The van der Waals surface area contributed by atoms with Crippen LogP contribution < -0.4 is 15.2 Å². The van der Waals surface area contributed by atoms with Crippen LogP contribution in [0, 0.1) is 11.6 Å². The van der Waals surface area contributed by atoms with E-state index in [-0.39, 0.29) is 44.0 Å². The summed E-state index contributed by atoms with van der Waals surface area (Å²) in [6.45, 7) is 4.13. The molecule has 3 aromatic rings. The predicted molar refractivity (Wildman–Crippen MR) is 136 cm³/mol. The van der Waals surface area contributed by atoms with Crippen LogP contribution in [0.5, 0.6) is 5.75 Å². The molecular formula is C26H27F3N4O4S. The van der Waals surface area contributed by atoms with Gasteiger partial charge in [0, 0.05) is 38.7 Å². The number of piperazine rings is 1. The van der Waals surface area contributed by atoms with Gasteiger partial charge in [-0.05, 0) is 37.1 Å². The second kappa shape index (κ2) is 10.1. The Kier molecular flexibility index (Phi) is 6.95. The minimum Gasteiger partial charge on any atom is -0.478 e. The molecule has 1 saturated heterocycles. The SMILES string of the molecule is CC(C)S(=O)(=O)N1CCN(c2cnn(-c3cc(F)cc(F)c3)c(=O)c2OC2CC(F)c3ccccc32)CC1. The first-order valence-electron chi connectivity index (χ1n) is 12.3. The highest BCUT2D eigenvalue weighted by atomic mass is 32.2. The van der Waals surface area contributed by atoms with E-state index in [9.17, 15) is 26.4 Å². The molecule has 0 saturated carbocycles. The van der Waals surface area contributed by atoms with Gasteiger partial charge in [-0.25, -0.2) is 21.6 Å². The highest BCUT2D eigenvalue weighted by Crippen LogP contribution is 2.44. The third-order valence-corrected chi connectivity index (χ3v) is 9.18. The first-order chi connectivity index (χ1) is 18.1. The van der Waals surface area contributed by atoms with Crippen LogP contribution in [0.15, 0.2) is 53.5 Å². The highest BCUT2D eigenvalue weighted by Gasteiger charge is 2.35. The normalized spacial score (nSPS) is 20.1. The van der Waals surface area contributed by atoms with Crippen molar-refractivity contribution in [2.24, 2.45) is 0 Å². The van der Waals surface area contributed by atoms with Crippen LogP contribution in [0.25, 0.3) is 5.69 Å². The number of fused-ring (bicyclic) bond motifs is 1. The monoisotopic (exact) mass is 548 g/mol. The molecule has 2 aliphatic rings. The van der Waals surface area contributed by atoms with Gasteiger partial charge in [0.25, 0.3) is 0 Å². The molecule has 1 aliphatic carbocycles. The van der Waals surface area contributed by atoms with Crippen LogP contribution in [-0.4, -0.2) is 53.9 Å². The number of alkyl halides is 1. The minimum atomic E-state index is -3.45. The van der Waals surface area contributed by atoms with Crippen molar-refractivity contribution >= 4 is 15.7 Å². The van der Waals surface area contributed by atoms with Gasteiger partial charge in [-0.15, -0.1) is 0 Å². The molecule has 8 nitrogen and oxygen atoms in total. The van der Waals surface area contributed by atoms with E-state index in [1.807, 2.05) is 0 Å². The molecule has 2 aromatic carbocycles. The number of benzene rings is 2. The zero-order chi connectivity index (χ0) is 27.2. The van der Waals surface area contributed by atoms with Gasteiger partial charge < -0.3 is 9.64 Å². The lowest BCUT2D eigenvalue weighted by Crippen LogP contribution is -2.50.